The summed E-state index contributed by atoms with van der Waals surface area (Å²) in [5, 5.41) is 0. The third-order valence-electron chi connectivity index (χ3n) is 3.92. The zero-order chi connectivity index (χ0) is 14.7. The van der Waals surface area contributed by atoms with E-state index < -0.39 is 0 Å². The molecule has 1 aliphatic heterocycles. The van der Waals surface area contributed by atoms with E-state index in [1.165, 1.54) is 6.20 Å². The second kappa shape index (κ2) is 6.13. The molecule has 1 saturated heterocycles. The zero-order valence-corrected chi connectivity index (χ0v) is 11.7. The second-order valence-electron chi connectivity index (χ2n) is 5.44. The molecule has 5 nitrogen and oxygen atoms in total. The number of halogens is 1. The summed E-state index contributed by atoms with van der Waals surface area (Å²) in [5.41, 5.74) is 7.55. The highest BCUT2D eigenvalue weighted by atomic mass is 19.1. The monoisotopic (exact) mass is 287 g/mol. The molecule has 2 aromatic rings. The van der Waals surface area contributed by atoms with Gasteiger partial charge >= 0.3 is 0 Å². The van der Waals surface area contributed by atoms with Crippen LogP contribution < -0.4 is 5.73 Å². The van der Waals surface area contributed by atoms with Crippen LogP contribution in [-0.4, -0.2) is 32.9 Å². The number of hydrogen-bond donors (Lipinski definition) is 1. The lowest BCUT2D eigenvalue weighted by molar-refractivity contribution is 0.204. The minimum atomic E-state index is -0.256. The molecule has 1 aliphatic rings. The fourth-order valence-corrected chi connectivity index (χ4v) is 2.78. The summed E-state index contributed by atoms with van der Waals surface area (Å²) in [6, 6.07) is 1.60. The molecule has 0 spiro atoms. The molecular formula is C15H18FN5. The van der Waals surface area contributed by atoms with Gasteiger partial charge in [-0.1, -0.05) is 0 Å². The van der Waals surface area contributed by atoms with Crippen LogP contribution in [0.15, 0.2) is 30.9 Å². The number of aromatic nitrogens is 3. The molecule has 1 fully saturated rings. The molecule has 6 heteroatoms. The highest BCUT2D eigenvalue weighted by Crippen LogP contribution is 2.28. The maximum atomic E-state index is 13.2. The van der Waals surface area contributed by atoms with Gasteiger partial charge in [0, 0.05) is 30.7 Å². The van der Waals surface area contributed by atoms with Crippen molar-refractivity contribution in [2.24, 2.45) is 0 Å². The normalized spacial score (nSPS) is 17.0. The van der Waals surface area contributed by atoms with Gasteiger partial charge in [0.25, 0.3) is 0 Å². The third-order valence-corrected chi connectivity index (χ3v) is 3.92. The van der Waals surface area contributed by atoms with Gasteiger partial charge in [-0.2, -0.15) is 0 Å². The maximum absolute atomic E-state index is 13.2. The Morgan fingerprint density at radius 2 is 1.86 bits per heavy atom. The van der Waals surface area contributed by atoms with Crippen LogP contribution in [-0.2, 0) is 6.54 Å². The van der Waals surface area contributed by atoms with E-state index in [-0.39, 0.29) is 5.82 Å². The number of likely N-dealkylation sites (tertiary alicyclic amines) is 1. The van der Waals surface area contributed by atoms with Crippen LogP contribution in [0, 0.1) is 5.82 Å². The van der Waals surface area contributed by atoms with Gasteiger partial charge < -0.3 is 5.73 Å². The molecule has 0 aromatic carbocycles. The summed E-state index contributed by atoms with van der Waals surface area (Å²) in [4.78, 5) is 14.3. The molecule has 3 rings (SSSR count). The number of anilines is 1. The molecule has 2 aromatic heterocycles. The number of nitrogen functional groups attached to an aromatic ring is 1. The van der Waals surface area contributed by atoms with E-state index in [0.29, 0.717) is 11.9 Å². The van der Waals surface area contributed by atoms with Crippen LogP contribution in [0.1, 0.15) is 29.9 Å². The first-order valence-corrected chi connectivity index (χ1v) is 7.10. The summed E-state index contributed by atoms with van der Waals surface area (Å²) in [6.45, 7) is 2.78. The average Bonchev–Trinajstić information content (AvgIpc) is 2.50. The molecule has 0 amide bonds. The smallest absolute Gasteiger partial charge is 0.219 e. The van der Waals surface area contributed by atoms with Gasteiger partial charge in [0.2, 0.25) is 5.95 Å². The second-order valence-corrected chi connectivity index (χ2v) is 5.44. The molecule has 0 radical (unpaired) electrons. The van der Waals surface area contributed by atoms with Crippen LogP contribution in [0.3, 0.4) is 0 Å². The number of nitrogens with zero attached hydrogens (tertiary/aromatic N) is 4. The Morgan fingerprint density at radius 3 is 2.52 bits per heavy atom. The zero-order valence-electron chi connectivity index (χ0n) is 11.7. The topological polar surface area (TPSA) is 67.9 Å². The van der Waals surface area contributed by atoms with E-state index in [1.54, 1.807) is 24.7 Å². The lowest BCUT2D eigenvalue weighted by atomic mass is 9.90. The van der Waals surface area contributed by atoms with Crippen molar-refractivity contribution in [3.8, 4) is 0 Å². The van der Waals surface area contributed by atoms with Gasteiger partial charge in [-0.3, -0.25) is 9.88 Å². The Kier molecular flexibility index (Phi) is 4.06. The molecule has 0 atom stereocenters. The number of nitrogens with two attached hydrogens (primary N) is 1. The van der Waals surface area contributed by atoms with Crippen molar-refractivity contribution < 1.29 is 4.39 Å². The minimum Gasteiger partial charge on any atom is -0.368 e. The molecule has 21 heavy (non-hydrogen) atoms. The van der Waals surface area contributed by atoms with E-state index in [2.05, 4.69) is 19.9 Å². The molecule has 0 unspecified atom stereocenters. The van der Waals surface area contributed by atoms with Crippen molar-refractivity contribution in [2.45, 2.75) is 25.3 Å². The first-order chi connectivity index (χ1) is 10.2. The van der Waals surface area contributed by atoms with Crippen LogP contribution >= 0.6 is 0 Å². The van der Waals surface area contributed by atoms with Crippen molar-refractivity contribution in [2.75, 3.05) is 18.8 Å². The Morgan fingerprint density at radius 1 is 1.14 bits per heavy atom. The standard InChI is InChI=1S/C15H18FN5/c16-14-5-13(8-18-9-14)12-1-3-21(4-2-12)10-11-6-19-15(17)20-7-11/h5-9,12H,1-4,10H2,(H2,17,19,20). The predicted octanol–water partition coefficient (Wildman–Crippen LogP) is 1.97. The van der Waals surface area contributed by atoms with Crippen molar-refractivity contribution in [1.29, 1.82) is 0 Å². The largest absolute Gasteiger partial charge is 0.368 e. The highest BCUT2D eigenvalue weighted by Gasteiger charge is 2.21. The Labute approximate surface area is 123 Å². The van der Waals surface area contributed by atoms with E-state index in [1.807, 2.05) is 0 Å². The molecule has 0 aliphatic carbocycles. The van der Waals surface area contributed by atoms with Crippen LogP contribution in [0.5, 0.6) is 0 Å². The van der Waals surface area contributed by atoms with Gasteiger partial charge in [0.05, 0.1) is 6.20 Å². The van der Waals surface area contributed by atoms with Gasteiger partial charge in [0.1, 0.15) is 5.82 Å². The van der Waals surface area contributed by atoms with Crippen molar-refractivity contribution in [3.63, 3.8) is 0 Å². The van der Waals surface area contributed by atoms with E-state index >= 15 is 0 Å². The summed E-state index contributed by atoms with van der Waals surface area (Å²) >= 11 is 0. The first kappa shape index (κ1) is 13.9. The van der Waals surface area contributed by atoms with Crippen molar-refractivity contribution >= 4 is 5.95 Å². The summed E-state index contributed by atoms with van der Waals surface area (Å²) in [6.07, 6.45) is 8.59. The lowest BCUT2D eigenvalue weighted by Crippen LogP contribution is -2.32. The van der Waals surface area contributed by atoms with Gasteiger partial charge in [-0.15, -0.1) is 0 Å². The van der Waals surface area contributed by atoms with Crippen LogP contribution in [0.25, 0.3) is 0 Å². The van der Waals surface area contributed by atoms with Gasteiger partial charge in [-0.05, 0) is 43.5 Å². The molecular weight excluding hydrogens is 269 g/mol. The van der Waals surface area contributed by atoms with E-state index in [4.69, 9.17) is 5.73 Å². The van der Waals surface area contributed by atoms with Crippen molar-refractivity contribution in [1.82, 2.24) is 19.9 Å². The van der Waals surface area contributed by atoms with Gasteiger partial charge in [0.15, 0.2) is 0 Å². The predicted molar refractivity (Wildman–Crippen MR) is 77.9 cm³/mol. The van der Waals surface area contributed by atoms with Crippen LogP contribution in [0.2, 0.25) is 0 Å². The Bertz CT molecular complexity index is 593. The summed E-state index contributed by atoms with van der Waals surface area (Å²) in [5.74, 6) is 0.442. The fourth-order valence-electron chi connectivity index (χ4n) is 2.78. The Hall–Kier alpha value is -2.08. The fraction of sp³-hybridized carbons (Fsp3) is 0.400. The van der Waals surface area contributed by atoms with E-state index in [0.717, 1.165) is 43.6 Å². The lowest BCUT2D eigenvalue weighted by Gasteiger charge is -2.31. The average molecular weight is 287 g/mol. The molecule has 3 heterocycles. The summed E-state index contributed by atoms with van der Waals surface area (Å²) in [7, 11) is 0. The summed E-state index contributed by atoms with van der Waals surface area (Å²) < 4.78 is 13.2. The SMILES string of the molecule is Nc1ncc(CN2CCC(c3cncc(F)c3)CC2)cn1. The highest BCUT2D eigenvalue weighted by molar-refractivity contribution is 5.18. The van der Waals surface area contributed by atoms with Gasteiger partial charge in [-0.25, -0.2) is 14.4 Å². The molecule has 110 valence electrons. The number of rotatable bonds is 3. The number of piperidine rings is 1. The van der Waals surface area contributed by atoms with Crippen molar-refractivity contribution in [3.05, 3.63) is 47.8 Å². The number of hydrogen-bond acceptors (Lipinski definition) is 5. The quantitative estimate of drug-likeness (QED) is 0.934. The minimum absolute atomic E-state index is 0.256. The molecule has 2 N–H and O–H groups in total. The number of pyridine rings is 1. The molecule has 0 bridgehead atoms. The third kappa shape index (κ3) is 3.52. The molecule has 0 saturated carbocycles. The maximum Gasteiger partial charge on any atom is 0.219 e. The first-order valence-electron chi connectivity index (χ1n) is 7.10. The van der Waals surface area contributed by atoms with Crippen LogP contribution in [0.4, 0.5) is 10.3 Å². The Balaban J connectivity index is 1.56. The van der Waals surface area contributed by atoms with E-state index in [9.17, 15) is 4.39 Å².